The van der Waals surface area contributed by atoms with Crippen LogP contribution in [0.5, 0.6) is 0 Å². The van der Waals surface area contributed by atoms with E-state index in [4.69, 9.17) is 14.7 Å². The number of nitrogens with zero attached hydrogens (tertiary/aromatic N) is 4. The fourth-order valence-corrected chi connectivity index (χ4v) is 5.12. The number of nitrogens with one attached hydrogen (secondary N) is 3. The highest BCUT2D eigenvalue weighted by molar-refractivity contribution is 6.06. The molecule has 0 radical (unpaired) electrons. The Balaban J connectivity index is 1.39. The minimum Gasteiger partial charge on any atom is -0.381 e. The fourth-order valence-electron chi connectivity index (χ4n) is 5.12. The van der Waals surface area contributed by atoms with Crippen molar-refractivity contribution >= 4 is 28.4 Å². The number of ether oxygens (including phenoxy) is 1. The molecule has 3 N–H and O–H groups in total. The summed E-state index contributed by atoms with van der Waals surface area (Å²) in [6.45, 7) is 2.61. The lowest BCUT2D eigenvalue weighted by Crippen LogP contribution is -2.15. The van der Waals surface area contributed by atoms with Crippen LogP contribution in [0.4, 0.5) is 11.5 Å². The molecule has 9 nitrogen and oxygen atoms in total. The summed E-state index contributed by atoms with van der Waals surface area (Å²) < 4.78 is 7.57. The summed E-state index contributed by atoms with van der Waals surface area (Å²) in [6, 6.07) is 8.08. The second-order valence-electron chi connectivity index (χ2n) is 9.03. The van der Waals surface area contributed by atoms with Crippen molar-refractivity contribution in [2.75, 3.05) is 25.6 Å². The molecule has 2 aliphatic heterocycles. The molecular formula is C26H27N7O2. The average molecular weight is 470 g/mol. The molecule has 1 saturated heterocycles. The Bertz CT molecular complexity index is 1440. The third kappa shape index (κ3) is 3.73. The van der Waals surface area contributed by atoms with Gasteiger partial charge in [-0.2, -0.15) is 0 Å². The molecule has 6 heterocycles. The lowest BCUT2D eigenvalue weighted by molar-refractivity contribution is 0.0966. The van der Waals surface area contributed by atoms with Crippen LogP contribution in [0.3, 0.4) is 0 Å². The zero-order valence-corrected chi connectivity index (χ0v) is 19.8. The number of carbonyl (C=O) groups excluding carboxylic acids is 1. The van der Waals surface area contributed by atoms with Crippen LogP contribution in [0.25, 0.3) is 22.3 Å². The monoisotopic (exact) mass is 469 g/mol. The Morgan fingerprint density at radius 1 is 1.23 bits per heavy atom. The zero-order chi connectivity index (χ0) is 23.9. The van der Waals surface area contributed by atoms with Gasteiger partial charge in [-0.15, -0.1) is 0 Å². The number of fused-ring (bicyclic) bond motifs is 2. The van der Waals surface area contributed by atoms with Gasteiger partial charge in [-0.3, -0.25) is 9.78 Å². The molecule has 0 bridgehead atoms. The van der Waals surface area contributed by atoms with Crippen LogP contribution >= 0.6 is 0 Å². The van der Waals surface area contributed by atoms with Crippen LogP contribution in [-0.4, -0.2) is 45.7 Å². The summed E-state index contributed by atoms with van der Waals surface area (Å²) in [5.41, 5.74) is 6.98. The molecule has 9 heteroatoms. The fraction of sp³-hybridized carbons (Fsp3) is 0.308. The molecular weight excluding hydrogens is 442 g/mol. The third-order valence-corrected chi connectivity index (χ3v) is 6.84. The number of aryl methyl sites for hydroxylation is 1. The number of hydrogen-bond donors (Lipinski definition) is 3. The summed E-state index contributed by atoms with van der Waals surface area (Å²) in [5, 5.41) is 10.6. The van der Waals surface area contributed by atoms with Crippen molar-refractivity contribution in [1.82, 2.24) is 30.2 Å². The Morgan fingerprint density at radius 3 is 2.97 bits per heavy atom. The molecule has 178 valence electrons. The standard InChI is InChI=1S/C26H27N7O2/c1-27-12-20-16(15-7-10-35-14-15)3-4-22(31-20)32-21-13-29-24(19-11-30-26(34)23(19)21)17-5-8-28-25-18(17)6-9-33(25)2/h3-6,8-9,13,15,27H,7,10-12,14H2,1-2H3,(H,30,34)(H,31,32)/t15-/m1/s1. The molecule has 4 aromatic rings. The molecule has 0 aliphatic carbocycles. The normalized spacial score (nSPS) is 17.1. The highest BCUT2D eigenvalue weighted by atomic mass is 16.5. The van der Waals surface area contributed by atoms with Crippen molar-refractivity contribution < 1.29 is 9.53 Å². The van der Waals surface area contributed by atoms with Crippen molar-refractivity contribution in [3.05, 3.63) is 65.2 Å². The van der Waals surface area contributed by atoms with Gasteiger partial charge in [0.2, 0.25) is 0 Å². The van der Waals surface area contributed by atoms with Gasteiger partial charge in [-0.05, 0) is 37.2 Å². The van der Waals surface area contributed by atoms with Crippen molar-refractivity contribution in [1.29, 1.82) is 0 Å². The molecule has 1 atom stereocenters. The van der Waals surface area contributed by atoms with Gasteiger partial charge >= 0.3 is 0 Å². The van der Waals surface area contributed by atoms with Crippen LogP contribution in [0, 0.1) is 0 Å². The van der Waals surface area contributed by atoms with E-state index in [1.54, 1.807) is 12.4 Å². The van der Waals surface area contributed by atoms with Gasteiger partial charge in [-0.1, -0.05) is 6.07 Å². The second-order valence-corrected chi connectivity index (χ2v) is 9.03. The van der Waals surface area contributed by atoms with E-state index in [2.05, 4.69) is 27.0 Å². The Hall–Kier alpha value is -3.82. The molecule has 0 saturated carbocycles. The summed E-state index contributed by atoms with van der Waals surface area (Å²) in [5.74, 6) is 0.939. The van der Waals surface area contributed by atoms with Crippen molar-refractivity contribution in [3.63, 3.8) is 0 Å². The Morgan fingerprint density at radius 2 is 2.14 bits per heavy atom. The third-order valence-electron chi connectivity index (χ3n) is 6.84. The number of hydrogen-bond acceptors (Lipinski definition) is 7. The first-order valence-electron chi connectivity index (χ1n) is 11.8. The maximum absolute atomic E-state index is 12.9. The minimum absolute atomic E-state index is 0.111. The maximum Gasteiger partial charge on any atom is 0.254 e. The van der Waals surface area contributed by atoms with Gasteiger partial charge in [0.25, 0.3) is 5.91 Å². The lowest BCUT2D eigenvalue weighted by atomic mass is 9.96. The van der Waals surface area contributed by atoms with Crippen LogP contribution in [0.2, 0.25) is 0 Å². The number of aromatic nitrogens is 4. The van der Waals surface area contributed by atoms with Gasteiger partial charge in [0.15, 0.2) is 0 Å². The van der Waals surface area contributed by atoms with Gasteiger partial charge in [-0.25, -0.2) is 9.97 Å². The van der Waals surface area contributed by atoms with Crippen LogP contribution < -0.4 is 16.0 Å². The van der Waals surface area contributed by atoms with Crippen molar-refractivity contribution in [2.24, 2.45) is 7.05 Å². The number of anilines is 2. The van der Waals surface area contributed by atoms with E-state index in [9.17, 15) is 4.79 Å². The summed E-state index contributed by atoms with van der Waals surface area (Å²) >= 11 is 0. The lowest BCUT2D eigenvalue weighted by Gasteiger charge is -2.17. The topological polar surface area (TPSA) is 106 Å². The molecule has 1 amide bonds. The summed E-state index contributed by atoms with van der Waals surface area (Å²) in [4.78, 5) is 27.1. The summed E-state index contributed by atoms with van der Waals surface area (Å²) in [6.07, 6.45) is 6.50. The molecule has 2 aliphatic rings. The van der Waals surface area contributed by atoms with Gasteiger partial charge < -0.3 is 25.3 Å². The van der Waals surface area contributed by atoms with E-state index >= 15 is 0 Å². The highest BCUT2D eigenvalue weighted by Crippen LogP contribution is 2.36. The Kier molecular flexibility index (Phi) is 5.43. The number of rotatable bonds is 6. The largest absolute Gasteiger partial charge is 0.381 e. The van der Waals surface area contributed by atoms with Gasteiger partial charge in [0.1, 0.15) is 11.5 Å². The van der Waals surface area contributed by atoms with Gasteiger partial charge in [0, 0.05) is 61.6 Å². The first kappa shape index (κ1) is 21.7. The van der Waals surface area contributed by atoms with Crippen LogP contribution in [0.1, 0.15) is 39.5 Å². The smallest absolute Gasteiger partial charge is 0.254 e. The maximum atomic E-state index is 12.9. The predicted octanol–water partition coefficient (Wildman–Crippen LogP) is 3.24. The first-order valence-corrected chi connectivity index (χ1v) is 11.8. The first-order chi connectivity index (χ1) is 17.1. The van der Waals surface area contributed by atoms with E-state index in [1.807, 2.05) is 43.1 Å². The van der Waals surface area contributed by atoms with Crippen LogP contribution in [0.15, 0.2) is 42.9 Å². The van der Waals surface area contributed by atoms with E-state index in [-0.39, 0.29) is 5.91 Å². The van der Waals surface area contributed by atoms with E-state index in [1.165, 1.54) is 5.56 Å². The van der Waals surface area contributed by atoms with E-state index < -0.39 is 0 Å². The summed E-state index contributed by atoms with van der Waals surface area (Å²) in [7, 11) is 3.88. The van der Waals surface area contributed by atoms with Crippen molar-refractivity contribution in [2.45, 2.75) is 25.4 Å². The molecule has 1 fully saturated rings. The van der Waals surface area contributed by atoms with Gasteiger partial charge in [0.05, 0.1) is 35.4 Å². The minimum atomic E-state index is -0.111. The molecule has 4 aromatic heterocycles. The molecule has 0 unspecified atom stereocenters. The number of carbonyl (C=O) groups is 1. The van der Waals surface area contributed by atoms with E-state index in [0.717, 1.165) is 53.2 Å². The molecule has 0 spiro atoms. The number of pyridine rings is 3. The molecule has 35 heavy (non-hydrogen) atoms. The predicted molar refractivity (Wildman–Crippen MR) is 134 cm³/mol. The van der Waals surface area contributed by atoms with E-state index in [0.29, 0.717) is 36.1 Å². The second kappa shape index (κ2) is 8.75. The quantitative estimate of drug-likeness (QED) is 0.398. The van der Waals surface area contributed by atoms with Crippen LogP contribution in [-0.2, 0) is 24.9 Å². The number of amides is 1. The molecule has 6 rings (SSSR count). The molecule has 0 aromatic carbocycles. The average Bonchev–Trinajstić information content (AvgIpc) is 3.61. The Labute approximate surface area is 203 Å². The highest BCUT2D eigenvalue weighted by Gasteiger charge is 2.28. The SMILES string of the molecule is CNCc1nc(Nc2cnc(-c3ccnc4c3ccn4C)c3c2C(=O)NC3)ccc1[C@@H]1CCOC1. The zero-order valence-electron chi connectivity index (χ0n) is 19.8. The van der Waals surface area contributed by atoms with Crippen molar-refractivity contribution in [3.8, 4) is 11.3 Å².